The van der Waals surface area contributed by atoms with Crippen molar-refractivity contribution >= 4 is 11.7 Å². The second-order valence-electron chi connectivity index (χ2n) is 6.04. The summed E-state index contributed by atoms with van der Waals surface area (Å²) in [4.78, 5) is 27.4. The number of anilines is 1. The molecule has 0 bridgehead atoms. The maximum Gasteiger partial charge on any atom is 0.274 e. The van der Waals surface area contributed by atoms with E-state index in [0.717, 1.165) is 43.7 Å². The summed E-state index contributed by atoms with van der Waals surface area (Å²) in [5.41, 5.74) is 1.49. The summed E-state index contributed by atoms with van der Waals surface area (Å²) >= 11 is 0. The van der Waals surface area contributed by atoms with Crippen molar-refractivity contribution in [2.24, 2.45) is 0 Å². The van der Waals surface area contributed by atoms with E-state index in [1.807, 2.05) is 30.1 Å². The van der Waals surface area contributed by atoms with Crippen molar-refractivity contribution in [3.05, 3.63) is 48.2 Å². The highest BCUT2D eigenvalue weighted by Crippen LogP contribution is 2.23. The van der Waals surface area contributed by atoms with E-state index in [2.05, 4.69) is 20.3 Å². The largest absolute Gasteiger partial charge is 0.373 e. The molecule has 3 heterocycles. The zero-order valence-electron chi connectivity index (χ0n) is 14.0. The van der Waals surface area contributed by atoms with E-state index in [0.29, 0.717) is 5.69 Å². The number of carbonyl (C=O) groups is 1. The molecular formula is C18H23N5O. The average molecular weight is 325 g/mol. The number of carbonyl (C=O) groups excluding carboxylic acids is 1. The van der Waals surface area contributed by atoms with Crippen LogP contribution in [0.1, 0.15) is 41.9 Å². The van der Waals surface area contributed by atoms with Crippen LogP contribution in [0.5, 0.6) is 0 Å². The number of likely N-dealkylation sites (tertiary alicyclic amines) is 1. The van der Waals surface area contributed by atoms with Gasteiger partial charge in [-0.25, -0.2) is 9.97 Å². The molecule has 1 amide bonds. The third-order valence-corrected chi connectivity index (χ3v) is 4.47. The van der Waals surface area contributed by atoms with Gasteiger partial charge in [0.2, 0.25) is 0 Å². The van der Waals surface area contributed by atoms with Gasteiger partial charge in [0.25, 0.3) is 5.91 Å². The number of pyridine rings is 1. The number of nitrogens with one attached hydrogen (secondary N) is 1. The third kappa shape index (κ3) is 3.88. The molecule has 0 aromatic carbocycles. The normalized spacial score (nSPS) is 17.5. The number of aromatic nitrogens is 3. The second kappa shape index (κ2) is 7.86. The van der Waals surface area contributed by atoms with Crippen molar-refractivity contribution in [2.75, 3.05) is 18.9 Å². The van der Waals surface area contributed by atoms with Gasteiger partial charge in [-0.15, -0.1) is 0 Å². The van der Waals surface area contributed by atoms with Crippen molar-refractivity contribution in [3.63, 3.8) is 0 Å². The number of piperidine rings is 1. The molecule has 1 aliphatic heterocycles. The Balaban J connectivity index is 1.67. The minimum absolute atomic E-state index is 0.00950. The van der Waals surface area contributed by atoms with Crippen LogP contribution in [0.15, 0.2) is 36.8 Å². The van der Waals surface area contributed by atoms with Gasteiger partial charge in [-0.05, 0) is 44.2 Å². The van der Waals surface area contributed by atoms with Crippen LogP contribution in [0.2, 0.25) is 0 Å². The van der Waals surface area contributed by atoms with Gasteiger partial charge < -0.3 is 10.2 Å². The number of rotatable bonds is 5. The SMILES string of the molecule is CNc1cccc(CC[C@@H]2CCCCN2C(=O)c2cnccn2)n1. The maximum atomic E-state index is 12.7. The van der Waals surface area contributed by atoms with Gasteiger partial charge in [0.1, 0.15) is 11.5 Å². The number of nitrogens with zero attached hydrogens (tertiary/aromatic N) is 4. The number of hydrogen-bond donors (Lipinski definition) is 1. The molecule has 1 fully saturated rings. The molecule has 1 N–H and O–H groups in total. The van der Waals surface area contributed by atoms with Crippen molar-refractivity contribution < 1.29 is 4.79 Å². The molecule has 2 aromatic heterocycles. The Labute approximate surface area is 142 Å². The van der Waals surface area contributed by atoms with E-state index < -0.39 is 0 Å². The second-order valence-corrected chi connectivity index (χ2v) is 6.04. The molecule has 1 saturated heterocycles. The first-order valence-electron chi connectivity index (χ1n) is 8.48. The van der Waals surface area contributed by atoms with Crippen LogP contribution in [0.4, 0.5) is 5.82 Å². The van der Waals surface area contributed by atoms with Crippen LogP contribution < -0.4 is 5.32 Å². The Morgan fingerprint density at radius 2 is 2.25 bits per heavy atom. The summed E-state index contributed by atoms with van der Waals surface area (Å²) in [5.74, 6) is 0.869. The minimum atomic E-state index is -0.00950. The van der Waals surface area contributed by atoms with E-state index in [1.54, 1.807) is 18.6 Å². The standard InChI is InChI=1S/C18H23N5O/c1-19-17-7-4-5-14(22-17)8-9-15-6-2-3-12-23(15)18(24)16-13-20-10-11-21-16/h4-5,7,10-11,13,15H,2-3,6,8-9,12H2,1H3,(H,19,22)/t15-/m0/s1. The molecule has 2 aromatic rings. The van der Waals surface area contributed by atoms with Crippen LogP contribution >= 0.6 is 0 Å². The van der Waals surface area contributed by atoms with E-state index in [1.165, 1.54) is 6.42 Å². The van der Waals surface area contributed by atoms with E-state index >= 15 is 0 Å². The molecule has 1 aliphatic rings. The molecule has 0 spiro atoms. The first kappa shape index (κ1) is 16.4. The monoisotopic (exact) mass is 325 g/mol. The smallest absolute Gasteiger partial charge is 0.274 e. The van der Waals surface area contributed by atoms with E-state index in [9.17, 15) is 4.79 Å². The summed E-state index contributed by atoms with van der Waals surface area (Å²) in [5, 5.41) is 3.06. The highest BCUT2D eigenvalue weighted by atomic mass is 16.2. The van der Waals surface area contributed by atoms with Crippen LogP contribution in [0.3, 0.4) is 0 Å². The lowest BCUT2D eigenvalue weighted by molar-refractivity contribution is 0.0595. The summed E-state index contributed by atoms with van der Waals surface area (Å²) in [6, 6.07) is 6.25. The number of hydrogen-bond acceptors (Lipinski definition) is 5. The zero-order valence-corrected chi connectivity index (χ0v) is 14.0. The van der Waals surface area contributed by atoms with Gasteiger partial charge in [-0.2, -0.15) is 0 Å². The molecule has 6 heteroatoms. The van der Waals surface area contributed by atoms with Crippen LogP contribution in [-0.4, -0.2) is 45.4 Å². The van der Waals surface area contributed by atoms with Gasteiger partial charge >= 0.3 is 0 Å². The molecule has 0 saturated carbocycles. The lowest BCUT2D eigenvalue weighted by Gasteiger charge is -2.35. The summed E-state index contributed by atoms with van der Waals surface area (Å²) in [6.45, 7) is 0.796. The first-order chi connectivity index (χ1) is 11.8. The summed E-state index contributed by atoms with van der Waals surface area (Å²) < 4.78 is 0. The molecule has 1 atom stereocenters. The number of aryl methyl sites for hydroxylation is 1. The first-order valence-corrected chi connectivity index (χ1v) is 8.48. The fraction of sp³-hybridized carbons (Fsp3) is 0.444. The highest BCUT2D eigenvalue weighted by molar-refractivity contribution is 5.92. The minimum Gasteiger partial charge on any atom is -0.373 e. The summed E-state index contributed by atoms with van der Waals surface area (Å²) in [6.07, 6.45) is 9.75. The third-order valence-electron chi connectivity index (χ3n) is 4.47. The maximum absolute atomic E-state index is 12.7. The predicted molar refractivity (Wildman–Crippen MR) is 92.8 cm³/mol. The van der Waals surface area contributed by atoms with Crippen molar-refractivity contribution in [2.45, 2.75) is 38.1 Å². The summed E-state index contributed by atoms with van der Waals surface area (Å²) in [7, 11) is 1.87. The van der Waals surface area contributed by atoms with Crippen molar-refractivity contribution in [1.29, 1.82) is 0 Å². The Bertz CT molecular complexity index is 676. The topological polar surface area (TPSA) is 71.0 Å². The fourth-order valence-corrected chi connectivity index (χ4v) is 3.20. The predicted octanol–water partition coefficient (Wildman–Crippen LogP) is 2.54. The van der Waals surface area contributed by atoms with Crippen LogP contribution in [0, 0.1) is 0 Å². The van der Waals surface area contributed by atoms with E-state index in [4.69, 9.17) is 0 Å². The molecule has 3 rings (SSSR count). The quantitative estimate of drug-likeness (QED) is 0.915. The van der Waals surface area contributed by atoms with Crippen LogP contribution in [0.25, 0.3) is 0 Å². The molecule has 6 nitrogen and oxygen atoms in total. The molecular weight excluding hydrogens is 302 g/mol. The highest BCUT2D eigenvalue weighted by Gasteiger charge is 2.28. The lowest BCUT2D eigenvalue weighted by atomic mass is 9.96. The molecule has 24 heavy (non-hydrogen) atoms. The van der Waals surface area contributed by atoms with E-state index in [-0.39, 0.29) is 11.9 Å². The van der Waals surface area contributed by atoms with Crippen molar-refractivity contribution in [3.8, 4) is 0 Å². The lowest BCUT2D eigenvalue weighted by Crippen LogP contribution is -2.44. The van der Waals surface area contributed by atoms with Gasteiger partial charge in [-0.3, -0.25) is 9.78 Å². The molecule has 0 aliphatic carbocycles. The average Bonchev–Trinajstić information content (AvgIpc) is 2.67. The molecule has 126 valence electrons. The van der Waals surface area contributed by atoms with Gasteiger partial charge in [0.05, 0.1) is 6.20 Å². The number of amides is 1. The Morgan fingerprint density at radius 3 is 3.04 bits per heavy atom. The Morgan fingerprint density at radius 1 is 1.33 bits per heavy atom. The molecule has 0 radical (unpaired) electrons. The Kier molecular flexibility index (Phi) is 5.36. The van der Waals surface area contributed by atoms with Crippen molar-refractivity contribution in [1.82, 2.24) is 19.9 Å². The van der Waals surface area contributed by atoms with Crippen LogP contribution in [-0.2, 0) is 6.42 Å². The molecule has 0 unspecified atom stereocenters. The Hall–Kier alpha value is -2.50. The van der Waals surface area contributed by atoms with Gasteiger partial charge in [0.15, 0.2) is 0 Å². The van der Waals surface area contributed by atoms with Gasteiger partial charge in [0, 0.05) is 37.7 Å². The zero-order chi connectivity index (χ0) is 16.8. The fourth-order valence-electron chi connectivity index (χ4n) is 3.20. The van der Waals surface area contributed by atoms with Gasteiger partial charge in [-0.1, -0.05) is 6.07 Å².